The van der Waals surface area contributed by atoms with E-state index in [0.29, 0.717) is 35.2 Å². The largest absolute Gasteiger partial charge is 0.414 e. The van der Waals surface area contributed by atoms with Crippen molar-refractivity contribution >= 4 is 33.3 Å². The van der Waals surface area contributed by atoms with E-state index >= 15 is 0 Å². The Labute approximate surface area is 510 Å². The highest BCUT2D eigenvalue weighted by Gasteiger charge is 2.65. The molecule has 19 atom stereocenters. The maximum absolute atomic E-state index is 10.7. The number of epoxide rings is 1. The Kier molecular flexibility index (Phi) is 18.6. The number of aliphatic hydroxyl groups is 1. The van der Waals surface area contributed by atoms with Gasteiger partial charge in [0.1, 0.15) is 6.10 Å². The molecule has 0 amide bonds. The average molecular weight is 1210 g/mol. The zero-order valence-electron chi connectivity index (χ0n) is 58.8. The van der Waals surface area contributed by atoms with Crippen LogP contribution in [0.5, 0.6) is 0 Å². The molecule has 0 aromatic rings. The third-order valence-electron chi connectivity index (χ3n) is 28.2. The third kappa shape index (κ3) is 12.3. The maximum atomic E-state index is 10.7. The Morgan fingerprint density at radius 2 is 0.854 bits per heavy atom. The molecule has 82 heavy (non-hydrogen) atoms. The molecule has 474 valence electrons. The van der Waals surface area contributed by atoms with Crippen molar-refractivity contribution < 1.29 is 32.3 Å². The monoisotopic (exact) mass is 1210 g/mol. The van der Waals surface area contributed by atoms with Crippen LogP contribution in [-0.4, -0.2) is 93.3 Å². The lowest BCUT2D eigenvalue weighted by Crippen LogP contribution is -2.60. The second kappa shape index (κ2) is 22.5. The normalized spacial score (nSPS) is 41.3. The van der Waals surface area contributed by atoms with Crippen LogP contribution in [0.2, 0.25) is 72.5 Å². The van der Waals surface area contributed by atoms with Gasteiger partial charge in [0.05, 0.1) is 48.8 Å². The first-order valence-corrected chi connectivity index (χ1v) is 45.8. The highest BCUT2D eigenvalue weighted by molar-refractivity contribution is 6.75. The molecule has 1 saturated heterocycles. The average Bonchev–Trinajstić information content (AvgIpc) is 2.85. The van der Waals surface area contributed by atoms with Crippen LogP contribution >= 0.6 is 0 Å². The number of fused-ring (bicyclic) bond motifs is 10. The molecule has 8 aliphatic carbocycles. The van der Waals surface area contributed by atoms with E-state index in [4.69, 9.17) is 27.2 Å². The fourth-order valence-electron chi connectivity index (χ4n) is 18.7. The van der Waals surface area contributed by atoms with Gasteiger partial charge < -0.3 is 32.3 Å². The summed E-state index contributed by atoms with van der Waals surface area (Å²) < 4.78 is 41.8. The van der Waals surface area contributed by atoms with Gasteiger partial charge in [-0.05, 0) is 248 Å². The molecule has 1 aliphatic heterocycles. The van der Waals surface area contributed by atoms with E-state index in [1.807, 2.05) is 6.92 Å². The molecule has 0 aromatic carbocycles. The molecule has 0 aromatic heterocycles. The summed E-state index contributed by atoms with van der Waals surface area (Å²) in [7, 11) is -7.72. The second-order valence-corrected chi connectivity index (χ2v) is 56.3. The summed E-state index contributed by atoms with van der Waals surface area (Å²) in [5, 5.41) is 11.5. The van der Waals surface area contributed by atoms with Gasteiger partial charge in [0.25, 0.3) is 0 Å². The summed E-state index contributed by atoms with van der Waals surface area (Å²) in [4.78, 5) is 0. The van der Waals surface area contributed by atoms with Crippen LogP contribution in [0.4, 0.5) is 0 Å². The highest BCUT2D eigenvalue weighted by Crippen LogP contribution is 2.70. The first-order valence-electron chi connectivity index (χ1n) is 34.2. The van der Waals surface area contributed by atoms with E-state index in [2.05, 4.69) is 196 Å². The summed E-state index contributed by atoms with van der Waals surface area (Å²) in [6, 6.07) is 0. The van der Waals surface area contributed by atoms with Crippen molar-refractivity contribution in [3.8, 4) is 0 Å². The molecule has 0 bridgehead atoms. The molecule has 11 heteroatoms. The van der Waals surface area contributed by atoms with E-state index in [1.54, 1.807) is 11.1 Å². The Balaban J connectivity index is 0.000000217. The highest BCUT2D eigenvalue weighted by atomic mass is 28.4. The number of rotatable bonds is 13. The number of hydrogen-bond donors (Lipinski definition) is 1. The molecular weight excluding hydrogens is 1080 g/mol. The number of hydrogen-bond acceptors (Lipinski definition) is 7. The molecule has 0 radical (unpaired) electrons. The van der Waals surface area contributed by atoms with Gasteiger partial charge in [-0.25, -0.2) is 0 Å². The first-order chi connectivity index (χ1) is 37.1. The van der Waals surface area contributed by atoms with Crippen LogP contribution in [0.15, 0.2) is 23.3 Å². The molecule has 7 fully saturated rings. The summed E-state index contributed by atoms with van der Waals surface area (Å²) in [6.07, 6.45) is 23.8. The van der Waals surface area contributed by atoms with E-state index in [-0.39, 0.29) is 78.6 Å². The zero-order chi connectivity index (χ0) is 61.6. The zero-order valence-corrected chi connectivity index (χ0v) is 62.8. The van der Waals surface area contributed by atoms with E-state index in [9.17, 15) is 5.11 Å². The number of allylic oxidation sites excluding steroid dienone is 2. The Morgan fingerprint density at radius 3 is 1.20 bits per heavy atom. The van der Waals surface area contributed by atoms with Gasteiger partial charge in [-0.15, -0.1) is 0 Å². The van der Waals surface area contributed by atoms with Gasteiger partial charge in [-0.3, -0.25) is 0 Å². The van der Waals surface area contributed by atoms with Gasteiger partial charge in [0.15, 0.2) is 33.3 Å². The molecule has 7 nitrogen and oxygen atoms in total. The van der Waals surface area contributed by atoms with Gasteiger partial charge in [-0.1, -0.05) is 134 Å². The predicted molar refractivity (Wildman–Crippen MR) is 355 cm³/mol. The lowest BCUT2D eigenvalue weighted by molar-refractivity contribution is -0.111. The van der Waals surface area contributed by atoms with E-state index in [1.165, 1.54) is 64.2 Å². The smallest absolute Gasteiger partial charge is 0.192 e. The van der Waals surface area contributed by atoms with E-state index in [0.717, 1.165) is 56.0 Å². The Hall–Kier alpha value is 0.0675. The topological polar surface area (TPSA) is 78.9 Å². The summed E-state index contributed by atoms with van der Waals surface area (Å²) in [5.41, 5.74) is 4.15. The van der Waals surface area contributed by atoms with Crippen LogP contribution in [0.1, 0.15) is 228 Å². The molecular formula is C71H132O7Si4. The Morgan fingerprint density at radius 1 is 0.512 bits per heavy atom. The predicted octanol–water partition coefficient (Wildman–Crippen LogP) is 19.9. The lowest BCUT2D eigenvalue weighted by atomic mass is 9.46. The van der Waals surface area contributed by atoms with Crippen molar-refractivity contribution in [2.24, 2.45) is 69.0 Å². The fourth-order valence-corrected chi connectivity index (χ4v) is 24.2. The van der Waals surface area contributed by atoms with Crippen molar-refractivity contribution in [2.75, 3.05) is 6.61 Å². The first kappa shape index (κ1) is 68.0. The van der Waals surface area contributed by atoms with Crippen LogP contribution in [0.25, 0.3) is 0 Å². The molecule has 1 N–H and O–H groups in total. The van der Waals surface area contributed by atoms with Crippen molar-refractivity contribution in [2.45, 2.75) is 349 Å². The van der Waals surface area contributed by atoms with Crippen LogP contribution < -0.4 is 0 Å². The van der Waals surface area contributed by atoms with Crippen LogP contribution in [0, 0.1) is 69.0 Å². The third-order valence-corrected chi connectivity index (χ3v) is 46.3. The number of ether oxygens (including phenoxy) is 2. The minimum Gasteiger partial charge on any atom is -0.414 e. The second-order valence-electron chi connectivity index (χ2n) is 37.3. The summed E-state index contributed by atoms with van der Waals surface area (Å²) >= 11 is 0. The van der Waals surface area contributed by atoms with E-state index < -0.39 is 33.3 Å². The molecule has 1 heterocycles. The van der Waals surface area contributed by atoms with Crippen molar-refractivity contribution in [3.63, 3.8) is 0 Å². The van der Waals surface area contributed by atoms with Crippen molar-refractivity contribution in [3.05, 3.63) is 23.3 Å². The van der Waals surface area contributed by atoms with Crippen molar-refractivity contribution in [1.29, 1.82) is 0 Å². The minimum atomic E-state index is -1.99. The molecule has 7 unspecified atom stereocenters. The minimum absolute atomic E-state index is 0.000764. The molecule has 9 rings (SSSR count). The van der Waals surface area contributed by atoms with Gasteiger partial charge in [-0.2, -0.15) is 0 Å². The lowest BCUT2D eigenvalue weighted by Gasteiger charge is -2.62. The fraction of sp³-hybridized carbons (Fsp3) is 0.944. The van der Waals surface area contributed by atoms with Gasteiger partial charge >= 0.3 is 0 Å². The summed E-state index contributed by atoms with van der Waals surface area (Å²) in [6.45, 7) is 68.0. The quantitative estimate of drug-likeness (QED) is 0.112. The maximum Gasteiger partial charge on any atom is 0.192 e. The van der Waals surface area contributed by atoms with Crippen molar-refractivity contribution in [1.82, 2.24) is 0 Å². The Bertz CT molecular complexity index is 2330. The van der Waals surface area contributed by atoms with Gasteiger partial charge in [0.2, 0.25) is 0 Å². The SMILES string of the molecule is C[C@@H](O)[C@H]1CCC2C3CC=C4C[C@@H](O[Si](C)(C)C(C)(C)C)C[C@H](O[Si](C)(C)C(C)(C)C)[C@]4(C)C3CC[C@@]21C.C[C@@H](OCC1OC1(C)C)[C@H]1CCC2C3CC=C4C[C@@H](O[Si](C)(C)C(C)(C)C)C[C@H](O[Si](C)(C)C(C)(C)C)[C@]4(C)C3CC[C@@]21C. The molecule has 0 spiro atoms. The van der Waals surface area contributed by atoms with Gasteiger partial charge in [0, 0.05) is 10.8 Å². The summed E-state index contributed by atoms with van der Waals surface area (Å²) in [5.74, 6) is 5.43. The van der Waals surface area contributed by atoms with Crippen LogP contribution in [0.3, 0.4) is 0 Å². The molecule has 6 saturated carbocycles. The molecule has 9 aliphatic rings. The number of aliphatic hydroxyl groups excluding tert-OH is 1. The van der Waals surface area contributed by atoms with Crippen LogP contribution in [-0.2, 0) is 27.2 Å². The standard InChI is InChI=1S/C38H70O4Si2.C33H62O3Si2/c1-25(39-24-33-36(8,9)40-33)29-18-19-30-28-17-16-26-22-27(41-43(12,13)34(2,3)4)23-32(42-44(14,15)35(5,6)7)38(26,11)31(28)20-21-37(29,30)10;1-22(34)26-16-17-27-25-15-14-23-20-24(35-37(10,11)30(2,3)4)21-29(36-38(12,13)31(5,6)7)33(23,9)28(25)18-19-32(26,27)8/h16,25,27-33H,17-24H2,1-15H3;14,22,24-29,34H,15-21H2,1-13H3/t25-,27-,28?,29-,30?,31?,32+,33?,37-,38+;22-,24-,25?,26-,27?,28?,29+,32-,33+/m11/s1.